The molecular formula is C35H47N7O3S. The molecule has 10 nitrogen and oxygen atoms in total. The highest BCUT2D eigenvalue weighted by molar-refractivity contribution is 7.08. The average molecular weight is 646 g/mol. The average Bonchev–Trinajstić information content (AvgIpc) is 3.84. The van der Waals surface area contributed by atoms with Crippen LogP contribution in [0.5, 0.6) is 0 Å². The number of aromatic amines is 1. The number of nitrogens with zero attached hydrogens (tertiary/aromatic N) is 5. The first-order valence-corrected chi connectivity index (χ1v) is 18.0. The zero-order valence-electron chi connectivity index (χ0n) is 27.2. The molecule has 2 N–H and O–H groups in total. The number of H-pyrrole nitrogens is 1. The molecule has 3 fully saturated rings. The lowest BCUT2D eigenvalue weighted by molar-refractivity contribution is -0.136. The number of hydrogen-bond donors (Lipinski definition) is 2. The van der Waals surface area contributed by atoms with Crippen molar-refractivity contribution in [3.05, 3.63) is 57.7 Å². The Balaban J connectivity index is 1.03. The van der Waals surface area contributed by atoms with Gasteiger partial charge in [-0.1, -0.05) is 6.92 Å². The highest BCUT2D eigenvalue weighted by atomic mass is 32.1. The van der Waals surface area contributed by atoms with E-state index in [2.05, 4.69) is 55.0 Å². The first-order chi connectivity index (χ1) is 22.4. The number of fused-ring (bicyclic) bond motifs is 1. The van der Waals surface area contributed by atoms with E-state index in [1.165, 1.54) is 11.1 Å². The molecule has 3 aliphatic heterocycles. The fourth-order valence-corrected chi connectivity index (χ4v) is 8.92. The number of carbonyl (C=O) groups is 2. The van der Waals surface area contributed by atoms with Gasteiger partial charge in [-0.3, -0.25) is 29.5 Å². The van der Waals surface area contributed by atoms with Crippen molar-refractivity contribution in [1.29, 1.82) is 0 Å². The van der Waals surface area contributed by atoms with Gasteiger partial charge in [-0.15, -0.1) is 0 Å². The third kappa shape index (κ3) is 6.52. The van der Waals surface area contributed by atoms with Gasteiger partial charge in [0.2, 0.25) is 11.8 Å². The minimum absolute atomic E-state index is 0.0149. The highest BCUT2D eigenvalue weighted by Gasteiger charge is 2.47. The third-order valence-electron chi connectivity index (χ3n) is 10.9. The second-order valence-corrected chi connectivity index (χ2v) is 14.7. The fraction of sp³-hybridized carbons (Fsp3) is 0.600. The first-order valence-electron chi connectivity index (χ1n) is 17.0. The van der Waals surface area contributed by atoms with Crippen LogP contribution >= 0.6 is 11.3 Å². The molecule has 3 atom stereocenters. The lowest BCUT2D eigenvalue weighted by atomic mass is 9.79. The zero-order valence-corrected chi connectivity index (χ0v) is 28.0. The molecule has 0 aromatic carbocycles. The summed E-state index contributed by atoms with van der Waals surface area (Å²) in [6.45, 7) is 11.3. The smallest absolute Gasteiger partial charge is 0.236 e. The molecule has 246 valence electrons. The molecule has 0 radical (unpaired) electrons. The third-order valence-corrected chi connectivity index (χ3v) is 11.6. The molecule has 0 spiro atoms. The van der Waals surface area contributed by atoms with Gasteiger partial charge in [-0.05, 0) is 86.0 Å². The van der Waals surface area contributed by atoms with E-state index in [-0.39, 0.29) is 23.8 Å². The van der Waals surface area contributed by atoms with Crippen molar-refractivity contribution in [2.24, 2.45) is 5.41 Å². The summed E-state index contributed by atoms with van der Waals surface area (Å²) < 4.78 is 5.63. The fourth-order valence-electron chi connectivity index (χ4n) is 8.18. The number of nitrogens with one attached hydrogen (secondary N) is 2. The van der Waals surface area contributed by atoms with Gasteiger partial charge in [0.25, 0.3) is 0 Å². The minimum atomic E-state index is -0.564. The summed E-state index contributed by atoms with van der Waals surface area (Å²) in [4.78, 5) is 39.0. The number of hydrogen-bond acceptors (Lipinski definition) is 8. The minimum Gasteiger partial charge on any atom is -0.379 e. The molecule has 3 aromatic heterocycles. The van der Waals surface area contributed by atoms with Crippen molar-refractivity contribution < 1.29 is 14.3 Å². The van der Waals surface area contributed by atoms with E-state index >= 15 is 0 Å². The van der Waals surface area contributed by atoms with E-state index in [1.54, 1.807) is 11.3 Å². The Hall–Kier alpha value is -3.12. The Labute approximate surface area is 275 Å². The van der Waals surface area contributed by atoms with E-state index in [0.717, 1.165) is 87.5 Å². The normalized spacial score (nSPS) is 26.3. The summed E-state index contributed by atoms with van der Waals surface area (Å²) in [5, 5.41) is 15.9. The maximum Gasteiger partial charge on any atom is 0.236 e. The van der Waals surface area contributed by atoms with Crippen LogP contribution in [0.2, 0.25) is 0 Å². The van der Waals surface area contributed by atoms with Crippen LogP contribution in [0.25, 0.3) is 11.3 Å². The molecule has 0 saturated carbocycles. The number of morpholine rings is 1. The van der Waals surface area contributed by atoms with Crippen LogP contribution in [-0.2, 0) is 20.7 Å². The Morgan fingerprint density at radius 3 is 2.70 bits per heavy atom. The van der Waals surface area contributed by atoms with Crippen molar-refractivity contribution in [2.45, 2.75) is 63.8 Å². The van der Waals surface area contributed by atoms with Crippen LogP contribution in [0.15, 0.2) is 35.2 Å². The van der Waals surface area contributed by atoms with Gasteiger partial charge >= 0.3 is 0 Å². The quantitative estimate of drug-likeness (QED) is 0.384. The Bertz CT molecular complexity index is 1510. The lowest BCUT2D eigenvalue weighted by Crippen LogP contribution is -2.55. The molecule has 4 aliphatic rings. The molecule has 2 amide bonds. The van der Waals surface area contributed by atoms with Crippen LogP contribution in [0, 0.1) is 12.3 Å². The van der Waals surface area contributed by atoms with Crippen LogP contribution in [-0.4, -0.2) is 113 Å². The number of amides is 2. The topological polar surface area (TPSA) is 107 Å². The van der Waals surface area contributed by atoms with Crippen LogP contribution in [0.4, 0.5) is 0 Å². The lowest BCUT2D eigenvalue weighted by Gasteiger charge is -2.39. The number of aromatic nitrogens is 3. The van der Waals surface area contributed by atoms with Crippen molar-refractivity contribution >= 4 is 23.2 Å². The van der Waals surface area contributed by atoms with E-state index in [1.807, 2.05) is 24.1 Å². The largest absolute Gasteiger partial charge is 0.379 e. The number of rotatable bonds is 8. The van der Waals surface area contributed by atoms with Crippen LogP contribution < -0.4 is 5.32 Å². The van der Waals surface area contributed by atoms with Crippen molar-refractivity contribution in [3.8, 4) is 11.3 Å². The summed E-state index contributed by atoms with van der Waals surface area (Å²) in [5.74, 6) is 0.984. The number of aryl methyl sites for hydroxylation is 2. The van der Waals surface area contributed by atoms with E-state index < -0.39 is 5.41 Å². The van der Waals surface area contributed by atoms with Gasteiger partial charge < -0.3 is 15.0 Å². The van der Waals surface area contributed by atoms with Gasteiger partial charge in [0.1, 0.15) is 0 Å². The monoisotopic (exact) mass is 645 g/mol. The summed E-state index contributed by atoms with van der Waals surface area (Å²) in [6.07, 6.45) is 6.34. The predicted octanol–water partition coefficient (Wildman–Crippen LogP) is 3.81. The van der Waals surface area contributed by atoms with Crippen LogP contribution in [0.3, 0.4) is 0 Å². The van der Waals surface area contributed by atoms with Crippen LogP contribution in [0.1, 0.15) is 67.0 Å². The van der Waals surface area contributed by atoms with E-state index in [4.69, 9.17) is 9.84 Å². The van der Waals surface area contributed by atoms with E-state index in [0.29, 0.717) is 38.8 Å². The molecule has 0 bridgehead atoms. The summed E-state index contributed by atoms with van der Waals surface area (Å²) >= 11 is 1.75. The Kier molecular flexibility index (Phi) is 9.27. The molecule has 46 heavy (non-hydrogen) atoms. The highest BCUT2D eigenvalue weighted by Crippen LogP contribution is 2.39. The molecule has 3 aromatic rings. The van der Waals surface area contributed by atoms with Gasteiger partial charge in [-0.2, -0.15) is 16.4 Å². The summed E-state index contributed by atoms with van der Waals surface area (Å²) in [5.41, 5.74) is 6.18. The number of ether oxygens (including phenoxy) is 1. The SMILES string of the molecule is Cc1cc(-c2n[nH]c3c2C(C)C(NC(=O)C2(CN4CCOCC4)CCN(CC(=O)N4CCC(c5ccsc5)CC4)C2)CC3)ccn1. The van der Waals surface area contributed by atoms with Gasteiger partial charge in [0.15, 0.2) is 0 Å². The number of carbonyl (C=O) groups excluding carboxylic acids is 2. The molecule has 6 heterocycles. The van der Waals surface area contributed by atoms with Gasteiger partial charge in [0, 0.05) is 79.9 Å². The number of piperidine rings is 1. The second kappa shape index (κ2) is 13.5. The maximum absolute atomic E-state index is 14.5. The number of likely N-dealkylation sites (tertiary alicyclic amines) is 2. The first kappa shape index (κ1) is 31.5. The summed E-state index contributed by atoms with van der Waals surface area (Å²) in [7, 11) is 0. The molecule has 3 saturated heterocycles. The number of pyridine rings is 1. The van der Waals surface area contributed by atoms with Gasteiger partial charge in [-0.25, -0.2) is 0 Å². The van der Waals surface area contributed by atoms with Crippen molar-refractivity contribution in [2.75, 3.05) is 65.6 Å². The molecule has 11 heteroatoms. The second-order valence-electron chi connectivity index (χ2n) is 13.9. The van der Waals surface area contributed by atoms with Gasteiger partial charge in [0.05, 0.1) is 30.9 Å². The Morgan fingerprint density at radius 1 is 1.11 bits per heavy atom. The zero-order chi connectivity index (χ0) is 31.7. The molecular weight excluding hydrogens is 598 g/mol. The molecule has 3 unspecified atom stereocenters. The van der Waals surface area contributed by atoms with Crippen molar-refractivity contribution in [1.82, 2.24) is 35.2 Å². The van der Waals surface area contributed by atoms with Crippen molar-refractivity contribution in [3.63, 3.8) is 0 Å². The number of thiophene rings is 1. The summed E-state index contributed by atoms with van der Waals surface area (Å²) in [6, 6.07) is 6.32. The molecule has 7 rings (SSSR count). The Morgan fingerprint density at radius 2 is 1.93 bits per heavy atom. The standard InChI is InChI=1S/C35H47N7O3S/c1-24-19-27(5-10-36-24)33-32-25(2)29(3-4-30(32)38-39-33)37-34(44)35(22-40-14-16-45-17-15-40)9-13-41(23-35)20-31(43)42-11-6-26(7-12-42)28-8-18-46-21-28/h5,8,10,18-19,21,25-26,29H,3-4,6-7,9,11-17,20,22-23H2,1-2H3,(H,37,44)(H,38,39). The maximum atomic E-state index is 14.5. The molecule has 1 aliphatic carbocycles. The van der Waals surface area contributed by atoms with E-state index in [9.17, 15) is 9.59 Å². The predicted molar refractivity (Wildman–Crippen MR) is 179 cm³/mol.